The third-order valence-electron chi connectivity index (χ3n) is 5.39. The Morgan fingerprint density at radius 1 is 1.23 bits per heavy atom. The third-order valence-corrected chi connectivity index (χ3v) is 5.39. The summed E-state index contributed by atoms with van der Waals surface area (Å²) in [7, 11) is 1.58. The van der Waals surface area contributed by atoms with Gasteiger partial charge in [-0.3, -0.25) is 14.7 Å². The van der Waals surface area contributed by atoms with E-state index >= 15 is 0 Å². The average Bonchev–Trinajstić information content (AvgIpc) is 3.24. The Hall–Kier alpha value is -3.26. The maximum Gasteiger partial charge on any atom is 0.258 e. The van der Waals surface area contributed by atoms with Gasteiger partial charge in [-0.05, 0) is 43.2 Å². The smallest absolute Gasteiger partial charge is 0.258 e. The molecule has 3 heterocycles. The van der Waals surface area contributed by atoms with Gasteiger partial charge < -0.3 is 10.1 Å². The van der Waals surface area contributed by atoms with Crippen LogP contribution in [0.5, 0.6) is 5.75 Å². The molecule has 0 saturated carbocycles. The highest BCUT2D eigenvalue weighted by molar-refractivity contribution is 6.03. The van der Waals surface area contributed by atoms with Gasteiger partial charge >= 0.3 is 0 Å². The lowest BCUT2D eigenvalue weighted by molar-refractivity contribution is 0.102. The van der Waals surface area contributed by atoms with E-state index in [0.29, 0.717) is 29.2 Å². The van der Waals surface area contributed by atoms with Gasteiger partial charge in [0.2, 0.25) is 0 Å². The molecule has 156 valence electrons. The minimum absolute atomic E-state index is 0.176. The SMILES string of the molecule is COc1ccc(F)c(CN2CCC(n3nccc3NC(=O)c3cccnc3)CC2)c1. The number of methoxy groups -OCH3 is 1. The Bertz CT molecular complexity index is 1000. The van der Waals surface area contributed by atoms with Crippen LogP contribution in [-0.2, 0) is 6.54 Å². The Labute approximate surface area is 174 Å². The number of ether oxygens (including phenoxy) is 1. The highest BCUT2D eigenvalue weighted by Crippen LogP contribution is 2.27. The minimum Gasteiger partial charge on any atom is -0.497 e. The van der Waals surface area contributed by atoms with Crippen LogP contribution in [0.15, 0.2) is 55.0 Å². The summed E-state index contributed by atoms with van der Waals surface area (Å²) in [5.41, 5.74) is 1.14. The average molecular weight is 409 g/mol. The van der Waals surface area contributed by atoms with Gasteiger partial charge in [-0.15, -0.1) is 0 Å². The maximum absolute atomic E-state index is 14.1. The first kappa shape index (κ1) is 20.0. The van der Waals surface area contributed by atoms with Crippen molar-refractivity contribution in [2.24, 2.45) is 0 Å². The second-order valence-electron chi connectivity index (χ2n) is 7.32. The summed E-state index contributed by atoms with van der Waals surface area (Å²) in [6.45, 7) is 2.17. The summed E-state index contributed by atoms with van der Waals surface area (Å²) in [5, 5.41) is 7.34. The summed E-state index contributed by atoms with van der Waals surface area (Å²) in [6, 6.07) is 10.3. The fourth-order valence-electron chi connectivity index (χ4n) is 3.75. The zero-order valence-electron chi connectivity index (χ0n) is 16.8. The van der Waals surface area contributed by atoms with Gasteiger partial charge in [0.15, 0.2) is 0 Å². The molecule has 0 unspecified atom stereocenters. The van der Waals surface area contributed by atoms with E-state index in [9.17, 15) is 9.18 Å². The molecule has 3 aromatic rings. The number of piperidine rings is 1. The van der Waals surface area contributed by atoms with E-state index in [4.69, 9.17) is 4.74 Å². The molecular weight excluding hydrogens is 385 g/mol. The predicted octanol–water partition coefficient (Wildman–Crippen LogP) is 3.52. The molecule has 2 aromatic heterocycles. The molecule has 7 nitrogen and oxygen atoms in total. The second kappa shape index (κ2) is 9.04. The monoisotopic (exact) mass is 409 g/mol. The van der Waals surface area contributed by atoms with Crippen LogP contribution in [0.4, 0.5) is 10.2 Å². The first-order chi connectivity index (χ1) is 14.6. The predicted molar refractivity (Wildman–Crippen MR) is 111 cm³/mol. The van der Waals surface area contributed by atoms with Crippen LogP contribution in [-0.4, -0.2) is 45.8 Å². The largest absolute Gasteiger partial charge is 0.497 e. The highest BCUT2D eigenvalue weighted by Gasteiger charge is 2.24. The van der Waals surface area contributed by atoms with Crippen molar-refractivity contribution < 1.29 is 13.9 Å². The van der Waals surface area contributed by atoms with Gasteiger partial charge in [-0.25, -0.2) is 9.07 Å². The summed E-state index contributed by atoms with van der Waals surface area (Å²) in [6.07, 6.45) is 6.58. The van der Waals surface area contributed by atoms with Crippen molar-refractivity contribution in [3.05, 3.63) is 71.9 Å². The summed E-state index contributed by atoms with van der Waals surface area (Å²) in [4.78, 5) is 18.7. The lowest BCUT2D eigenvalue weighted by atomic mass is 10.0. The first-order valence-electron chi connectivity index (χ1n) is 9.93. The van der Waals surface area contributed by atoms with Crippen LogP contribution in [0, 0.1) is 5.82 Å². The maximum atomic E-state index is 14.1. The van der Waals surface area contributed by atoms with Gasteiger partial charge in [0, 0.05) is 43.7 Å². The molecule has 1 saturated heterocycles. The molecule has 1 aliphatic heterocycles. The van der Waals surface area contributed by atoms with Crippen molar-refractivity contribution >= 4 is 11.7 Å². The minimum atomic E-state index is -0.217. The molecule has 4 rings (SSSR count). The summed E-state index contributed by atoms with van der Waals surface area (Å²) in [5.74, 6) is 0.897. The molecule has 1 aromatic carbocycles. The fourth-order valence-corrected chi connectivity index (χ4v) is 3.75. The number of hydrogen-bond donors (Lipinski definition) is 1. The van der Waals surface area contributed by atoms with E-state index in [0.717, 1.165) is 25.9 Å². The normalized spacial score (nSPS) is 15.1. The van der Waals surface area contributed by atoms with E-state index in [1.807, 2.05) is 4.68 Å². The summed E-state index contributed by atoms with van der Waals surface area (Å²) < 4.78 is 21.2. The van der Waals surface area contributed by atoms with Crippen molar-refractivity contribution in [1.82, 2.24) is 19.7 Å². The van der Waals surface area contributed by atoms with Crippen LogP contribution >= 0.6 is 0 Å². The zero-order chi connectivity index (χ0) is 20.9. The number of amides is 1. The first-order valence-corrected chi connectivity index (χ1v) is 9.93. The highest BCUT2D eigenvalue weighted by atomic mass is 19.1. The lowest BCUT2D eigenvalue weighted by Crippen LogP contribution is -2.35. The number of carbonyl (C=O) groups is 1. The van der Waals surface area contributed by atoms with E-state index in [1.54, 1.807) is 49.8 Å². The van der Waals surface area contributed by atoms with Gasteiger partial charge in [0.05, 0.1) is 24.9 Å². The molecule has 1 amide bonds. The molecule has 0 aliphatic carbocycles. The number of hydrogen-bond acceptors (Lipinski definition) is 5. The summed E-state index contributed by atoms with van der Waals surface area (Å²) >= 11 is 0. The van der Waals surface area contributed by atoms with Crippen LogP contribution in [0.25, 0.3) is 0 Å². The van der Waals surface area contributed by atoms with Gasteiger partial charge in [0.25, 0.3) is 5.91 Å². The number of nitrogens with zero attached hydrogens (tertiary/aromatic N) is 4. The van der Waals surface area contributed by atoms with E-state index in [2.05, 4.69) is 20.3 Å². The van der Waals surface area contributed by atoms with Crippen molar-refractivity contribution in [1.29, 1.82) is 0 Å². The van der Waals surface area contributed by atoms with Crippen LogP contribution < -0.4 is 10.1 Å². The number of pyridine rings is 1. The Kier molecular flexibility index (Phi) is 6.04. The Balaban J connectivity index is 1.37. The second-order valence-corrected chi connectivity index (χ2v) is 7.32. The number of rotatable bonds is 6. The zero-order valence-corrected chi connectivity index (χ0v) is 16.8. The Morgan fingerprint density at radius 2 is 2.07 bits per heavy atom. The number of anilines is 1. The van der Waals surface area contributed by atoms with E-state index in [-0.39, 0.29) is 17.8 Å². The quantitative estimate of drug-likeness (QED) is 0.675. The molecule has 0 bridgehead atoms. The van der Waals surface area contributed by atoms with Crippen molar-refractivity contribution in [2.75, 3.05) is 25.5 Å². The van der Waals surface area contributed by atoms with Crippen molar-refractivity contribution in [3.8, 4) is 5.75 Å². The number of carbonyl (C=O) groups excluding carboxylic acids is 1. The molecule has 1 N–H and O–H groups in total. The van der Waals surface area contributed by atoms with Crippen LogP contribution in [0.2, 0.25) is 0 Å². The number of nitrogens with one attached hydrogen (secondary N) is 1. The topological polar surface area (TPSA) is 72.3 Å². The molecule has 0 spiro atoms. The lowest BCUT2D eigenvalue weighted by Gasteiger charge is -2.32. The number of halogens is 1. The number of aromatic nitrogens is 3. The van der Waals surface area contributed by atoms with E-state index in [1.165, 1.54) is 12.3 Å². The molecule has 1 aliphatic rings. The van der Waals surface area contributed by atoms with Gasteiger partial charge in [-0.1, -0.05) is 0 Å². The number of benzene rings is 1. The van der Waals surface area contributed by atoms with Crippen molar-refractivity contribution in [3.63, 3.8) is 0 Å². The van der Waals surface area contributed by atoms with Crippen molar-refractivity contribution in [2.45, 2.75) is 25.4 Å². The van der Waals surface area contributed by atoms with E-state index < -0.39 is 0 Å². The Morgan fingerprint density at radius 3 is 2.80 bits per heavy atom. The number of likely N-dealkylation sites (tertiary alicyclic amines) is 1. The molecule has 1 fully saturated rings. The van der Waals surface area contributed by atoms with Gasteiger partial charge in [0.1, 0.15) is 17.4 Å². The van der Waals surface area contributed by atoms with Gasteiger partial charge in [-0.2, -0.15) is 5.10 Å². The molecule has 0 atom stereocenters. The van der Waals surface area contributed by atoms with Crippen LogP contribution in [0.1, 0.15) is 34.8 Å². The third kappa shape index (κ3) is 4.49. The van der Waals surface area contributed by atoms with Crippen LogP contribution in [0.3, 0.4) is 0 Å². The molecule has 8 heteroatoms. The molecule has 0 radical (unpaired) electrons. The molecule has 30 heavy (non-hydrogen) atoms. The fraction of sp³-hybridized carbons (Fsp3) is 0.318. The molecular formula is C22H24FN5O2. The standard InChI is InChI=1S/C22H24FN5O2/c1-30-19-4-5-20(23)17(13-19)15-27-11-7-18(8-12-27)28-21(6-10-25-28)26-22(29)16-3-2-9-24-14-16/h2-6,9-10,13-14,18H,7-8,11-12,15H2,1H3,(H,26,29).